The summed E-state index contributed by atoms with van der Waals surface area (Å²) >= 11 is 0. The van der Waals surface area contributed by atoms with Gasteiger partial charge >= 0.3 is 5.97 Å². The number of carbonyl (C=O) groups is 2. The van der Waals surface area contributed by atoms with E-state index in [9.17, 15) is 9.59 Å². The molecule has 2 aliphatic carbocycles. The topological polar surface area (TPSA) is 75.6 Å². The Kier molecular flexibility index (Phi) is 4.13. The molecule has 108 valence electrons. The van der Waals surface area contributed by atoms with Crippen molar-refractivity contribution in [2.45, 2.75) is 33.1 Å². The lowest BCUT2D eigenvalue weighted by atomic mass is 10.1. The van der Waals surface area contributed by atoms with Crippen molar-refractivity contribution in [3.05, 3.63) is 0 Å². The summed E-state index contributed by atoms with van der Waals surface area (Å²) in [6.45, 7) is 5.71. The van der Waals surface area contributed by atoms with Gasteiger partial charge in [0.05, 0.1) is 11.8 Å². The summed E-state index contributed by atoms with van der Waals surface area (Å²) in [7, 11) is 0. The SMILES string of the molecule is CC1(C)[C@H](C(=O)O)[C@@H]1C(=O)NCCCOCC1CC1. The maximum atomic E-state index is 11.9. The molecule has 0 aromatic carbocycles. The fourth-order valence-electron chi connectivity index (χ4n) is 2.62. The Morgan fingerprint density at radius 3 is 2.53 bits per heavy atom. The number of rotatable bonds is 8. The van der Waals surface area contributed by atoms with Crippen LogP contribution < -0.4 is 5.32 Å². The summed E-state index contributed by atoms with van der Waals surface area (Å²) in [6, 6.07) is 0. The highest BCUT2D eigenvalue weighted by molar-refractivity contribution is 5.91. The molecule has 0 radical (unpaired) electrons. The van der Waals surface area contributed by atoms with Gasteiger partial charge in [-0.25, -0.2) is 0 Å². The summed E-state index contributed by atoms with van der Waals surface area (Å²) in [5, 5.41) is 11.8. The normalized spacial score (nSPS) is 27.9. The molecule has 0 aromatic heterocycles. The first-order chi connectivity index (χ1) is 8.94. The van der Waals surface area contributed by atoms with E-state index in [0.717, 1.165) is 18.9 Å². The first-order valence-electron chi connectivity index (χ1n) is 7.03. The van der Waals surface area contributed by atoms with Crippen LogP contribution in [0.3, 0.4) is 0 Å². The van der Waals surface area contributed by atoms with Crippen molar-refractivity contribution in [3.8, 4) is 0 Å². The van der Waals surface area contributed by atoms with Crippen molar-refractivity contribution in [2.24, 2.45) is 23.2 Å². The van der Waals surface area contributed by atoms with Crippen LogP contribution in [0.25, 0.3) is 0 Å². The van der Waals surface area contributed by atoms with Crippen LogP contribution in [0.2, 0.25) is 0 Å². The van der Waals surface area contributed by atoms with Gasteiger partial charge in [0.1, 0.15) is 0 Å². The number of hydrogen-bond acceptors (Lipinski definition) is 3. The number of nitrogens with one attached hydrogen (secondary N) is 1. The number of carbonyl (C=O) groups excluding carboxylic acids is 1. The molecule has 0 saturated heterocycles. The van der Waals surface area contributed by atoms with Crippen molar-refractivity contribution in [1.29, 1.82) is 0 Å². The standard InChI is InChI=1S/C14H23NO4/c1-14(2)10(11(14)13(17)18)12(16)15-6-3-7-19-8-9-4-5-9/h9-11H,3-8H2,1-2H3,(H,15,16)(H,17,18)/t10-,11+/m1/s1. The molecule has 2 atom stereocenters. The predicted molar refractivity (Wildman–Crippen MR) is 69.6 cm³/mol. The number of amides is 1. The second-order valence-electron chi connectivity index (χ2n) is 6.28. The second-order valence-corrected chi connectivity index (χ2v) is 6.28. The fraction of sp³-hybridized carbons (Fsp3) is 0.857. The van der Waals surface area contributed by atoms with Crippen LogP contribution in [0.15, 0.2) is 0 Å². The highest BCUT2D eigenvalue weighted by atomic mass is 16.5. The lowest BCUT2D eigenvalue weighted by Crippen LogP contribution is -2.28. The van der Waals surface area contributed by atoms with Crippen molar-refractivity contribution in [1.82, 2.24) is 5.32 Å². The predicted octanol–water partition coefficient (Wildman–Crippen LogP) is 1.28. The van der Waals surface area contributed by atoms with Gasteiger partial charge in [-0.2, -0.15) is 0 Å². The molecule has 2 N–H and O–H groups in total. The lowest BCUT2D eigenvalue weighted by molar-refractivity contribution is -0.140. The minimum atomic E-state index is -0.877. The summed E-state index contributed by atoms with van der Waals surface area (Å²) in [4.78, 5) is 22.8. The quantitative estimate of drug-likeness (QED) is 0.651. The van der Waals surface area contributed by atoms with E-state index >= 15 is 0 Å². The minimum Gasteiger partial charge on any atom is -0.481 e. The van der Waals surface area contributed by atoms with Gasteiger partial charge in [0.2, 0.25) is 5.91 Å². The third-order valence-corrected chi connectivity index (χ3v) is 4.19. The van der Waals surface area contributed by atoms with E-state index in [0.29, 0.717) is 13.2 Å². The molecule has 0 aliphatic heterocycles. The van der Waals surface area contributed by atoms with Crippen LogP contribution in [0.5, 0.6) is 0 Å². The molecule has 19 heavy (non-hydrogen) atoms. The number of aliphatic carboxylic acids is 1. The molecule has 5 heteroatoms. The molecule has 0 bridgehead atoms. The molecular formula is C14H23NO4. The van der Waals surface area contributed by atoms with Gasteiger partial charge in [0.15, 0.2) is 0 Å². The zero-order valence-electron chi connectivity index (χ0n) is 11.6. The van der Waals surface area contributed by atoms with Crippen molar-refractivity contribution in [2.75, 3.05) is 19.8 Å². The average Bonchev–Trinajstić information content (AvgIpc) is 3.19. The van der Waals surface area contributed by atoms with Gasteiger partial charge in [-0.15, -0.1) is 0 Å². The molecule has 2 rings (SSSR count). The van der Waals surface area contributed by atoms with Crippen molar-refractivity contribution in [3.63, 3.8) is 0 Å². The lowest BCUT2D eigenvalue weighted by Gasteiger charge is -2.06. The molecular weight excluding hydrogens is 246 g/mol. The fourth-order valence-corrected chi connectivity index (χ4v) is 2.62. The Labute approximate surface area is 113 Å². The molecule has 2 fully saturated rings. The van der Waals surface area contributed by atoms with Crippen LogP contribution in [0.1, 0.15) is 33.1 Å². The Morgan fingerprint density at radius 1 is 1.32 bits per heavy atom. The summed E-state index contributed by atoms with van der Waals surface area (Å²) in [5.41, 5.74) is -0.418. The van der Waals surface area contributed by atoms with E-state index in [1.165, 1.54) is 12.8 Å². The van der Waals surface area contributed by atoms with Crippen LogP contribution in [0, 0.1) is 23.2 Å². The highest BCUT2D eigenvalue weighted by Gasteiger charge is 2.65. The van der Waals surface area contributed by atoms with Gasteiger partial charge in [0.25, 0.3) is 0 Å². The first kappa shape index (κ1) is 14.3. The maximum Gasteiger partial charge on any atom is 0.307 e. The van der Waals surface area contributed by atoms with Gasteiger partial charge in [-0.1, -0.05) is 13.8 Å². The van der Waals surface area contributed by atoms with Gasteiger partial charge < -0.3 is 15.2 Å². The van der Waals surface area contributed by atoms with E-state index in [1.807, 2.05) is 13.8 Å². The molecule has 0 aromatic rings. The number of carboxylic acid groups (broad SMARTS) is 1. The Morgan fingerprint density at radius 2 is 2.00 bits per heavy atom. The van der Waals surface area contributed by atoms with Crippen LogP contribution in [0.4, 0.5) is 0 Å². The number of hydrogen-bond donors (Lipinski definition) is 2. The van der Waals surface area contributed by atoms with E-state index < -0.39 is 23.2 Å². The summed E-state index contributed by atoms with van der Waals surface area (Å²) in [5.74, 6) is -1.19. The number of carboxylic acids is 1. The second kappa shape index (κ2) is 5.49. The molecule has 0 heterocycles. The van der Waals surface area contributed by atoms with E-state index in [-0.39, 0.29) is 5.91 Å². The van der Waals surface area contributed by atoms with Crippen LogP contribution in [-0.2, 0) is 14.3 Å². The Hall–Kier alpha value is -1.10. The molecule has 5 nitrogen and oxygen atoms in total. The molecule has 0 unspecified atom stereocenters. The monoisotopic (exact) mass is 269 g/mol. The average molecular weight is 269 g/mol. The first-order valence-corrected chi connectivity index (χ1v) is 7.03. The molecule has 2 saturated carbocycles. The van der Waals surface area contributed by atoms with Crippen molar-refractivity contribution >= 4 is 11.9 Å². The van der Waals surface area contributed by atoms with Gasteiger partial charge in [-0.3, -0.25) is 9.59 Å². The Bertz CT molecular complexity index is 362. The largest absolute Gasteiger partial charge is 0.481 e. The van der Waals surface area contributed by atoms with Crippen LogP contribution in [-0.4, -0.2) is 36.7 Å². The minimum absolute atomic E-state index is 0.139. The van der Waals surface area contributed by atoms with E-state index in [4.69, 9.17) is 9.84 Å². The summed E-state index contributed by atoms with van der Waals surface area (Å²) < 4.78 is 5.47. The zero-order valence-corrected chi connectivity index (χ0v) is 11.6. The zero-order chi connectivity index (χ0) is 14.0. The van der Waals surface area contributed by atoms with Crippen LogP contribution >= 0.6 is 0 Å². The van der Waals surface area contributed by atoms with Gasteiger partial charge in [-0.05, 0) is 30.6 Å². The number of ether oxygens (including phenoxy) is 1. The molecule has 2 aliphatic rings. The van der Waals surface area contributed by atoms with E-state index in [2.05, 4.69) is 5.32 Å². The van der Waals surface area contributed by atoms with Gasteiger partial charge in [0, 0.05) is 19.8 Å². The summed E-state index contributed by atoms with van der Waals surface area (Å²) in [6.07, 6.45) is 3.34. The maximum absolute atomic E-state index is 11.9. The highest BCUT2D eigenvalue weighted by Crippen LogP contribution is 2.58. The Balaban J connectivity index is 1.58. The molecule has 0 spiro atoms. The third-order valence-electron chi connectivity index (χ3n) is 4.19. The van der Waals surface area contributed by atoms with Crippen molar-refractivity contribution < 1.29 is 19.4 Å². The third kappa shape index (κ3) is 3.47. The smallest absolute Gasteiger partial charge is 0.307 e. The van der Waals surface area contributed by atoms with E-state index in [1.54, 1.807) is 0 Å². The molecule has 1 amide bonds.